The van der Waals surface area contributed by atoms with Crippen LogP contribution < -0.4 is 10.0 Å². The molecule has 0 aliphatic carbocycles. The lowest BCUT2D eigenvalue weighted by molar-refractivity contribution is -0.125. The van der Waals surface area contributed by atoms with Crippen molar-refractivity contribution in [3.05, 3.63) is 59.7 Å². The maximum absolute atomic E-state index is 12.5. The van der Waals surface area contributed by atoms with Crippen LogP contribution in [-0.4, -0.2) is 32.9 Å². The maximum atomic E-state index is 12.5. The highest BCUT2D eigenvalue weighted by Crippen LogP contribution is 2.17. The summed E-state index contributed by atoms with van der Waals surface area (Å²) in [6.07, 6.45) is 0. The molecule has 0 fully saturated rings. The fourth-order valence-electron chi connectivity index (χ4n) is 2.28. The summed E-state index contributed by atoms with van der Waals surface area (Å²) in [5, 5.41) is 2.74. The van der Waals surface area contributed by atoms with Crippen molar-refractivity contribution in [2.24, 2.45) is 5.92 Å². The van der Waals surface area contributed by atoms with Crippen LogP contribution in [0.1, 0.15) is 36.7 Å². The third-order valence-electron chi connectivity index (χ3n) is 4.43. The molecular weight excluding hydrogens is 392 g/mol. The summed E-state index contributed by atoms with van der Waals surface area (Å²) in [5.41, 5.74) is 1.62. The van der Waals surface area contributed by atoms with Gasteiger partial charge in [-0.3, -0.25) is 9.52 Å². The van der Waals surface area contributed by atoms with Gasteiger partial charge in [0.1, 0.15) is 0 Å². The average molecular weight is 419 g/mol. The number of esters is 1. The first-order valence-corrected chi connectivity index (χ1v) is 10.7. The van der Waals surface area contributed by atoms with Crippen molar-refractivity contribution in [3.63, 3.8) is 0 Å². The molecule has 0 unspecified atom stereocenters. The van der Waals surface area contributed by atoms with Crippen molar-refractivity contribution in [2.45, 2.75) is 38.6 Å². The van der Waals surface area contributed by atoms with Gasteiger partial charge in [-0.25, -0.2) is 13.2 Å². The molecule has 0 aromatic heterocycles. The van der Waals surface area contributed by atoms with Crippen LogP contribution in [0.2, 0.25) is 0 Å². The van der Waals surface area contributed by atoms with E-state index in [1.165, 1.54) is 24.3 Å². The Morgan fingerprint density at radius 2 is 1.55 bits per heavy atom. The number of benzene rings is 2. The van der Waals surface area contributed by atoms with Gasteiger partial charge in [-0.05, 0) is 56.2 Å². The number of nitrogens with one attached hydrogen (secondary N) is 2. The van der Waals surface area contributed by atoms with Gasteiger partial charge >= 0.3 is 5.97 Å². The van der Waals surface area contributed by atoms with Gasteiger partial charge in [0.15, 0.2) is 6.61 Å². The second-order valence-corrected chi connectivity index (χ2v) is 8.85. The highest BCUT2D eigenvalue weighted by Gasteiger charge is 2.17. The van der Waals surface area contributed by atoms with E-state index >= 15 is 0 Å². The van der Waals surface area contributed by atoms with Crippen molar-refractivity contribution in [1.82, 2.24) is 5.32 Å². The molecule has 156 valence electrons. The second kappa shape index (κ2) is 9.56. The Morgan fingerprint density at radius 3 is 2.10 bits per heavy atom. The van der Waals surface area contributed by atoms with Crippen LogP contribution in [-0.2, 0) is 19.6 Å². The first-order valence-electron chi connectivity index (χ1n) is 9.24. The van der Waals surface area contributed by atoms with Crippen LogP contribution in [0, 0.1) is 12.8 Å². The second-order valence-electron chi connectivity index (χ2n) is 7.17. The SMILES string of the molecule is Cc1ccc(NS(=O)(=O)c2ccc(C(=O)OCC(=O)N[C@H](C)C(C)C)cc2)cc1. The van der Waals surface area contributed by atoms with Crippen molar-refractivity contribution in [3.8, 4) is 0 Å². The van der Waals surface area contributed by atoms with Gasteiger partial charge in [-0.1, -0.05) is 31.5 Å². The number of sulfonamides is 1. The van der Waals surface area contributed by atoms with E-state index in [0.717, 1.165) is 5.56 Å². The first-order chi connectivity index (χ1) is 13.6. The fourth-order valence-corrected chi connectivity index (χ4v) is 3.34. The monoisotopic (exact) mass is 418 g/mol. The van der Waals surface area contributed by atoms with E-state index in [2.05, 4.69) is 10.0 Å². The zero-order chi connectivity index (χ0) is 21.6. The lowest BCUT2D eigenvalue weighted by Gasteiger charge is -2.17. The van der Waals surface area contributed by atoms with Gasteiger partial charge < -0.3 is 10.1 Å². The van der Waals surface area contributed by atoms with Gasteiger partial charge in [-0.15, -0.1) is 0 Å². The minimum atomic E-state index is -3.78. The molecule has 0 aliphatic rings. The number of anilines is 1. The summed E-state index contributed by atoms with van der Waals surface area (Å²) >= 11 is 0. The number of amides is 1. The van der Waals surface area contributed by atoms with Crippen LogP contribution in [0.15, 0.2) is 53.4 Å². The third-order valence-corrected chi connectivity index (χ3v) is 5.82. The molecule has 2 N–H and O–H groups in total. The molecule has 0 spiro atoms. The molecule has 0 saturated carbocycles. The topological polar surface area (TPSA) is 102 Å². The quantitative estimate of drug-likeness (QED) is 0.642. The lowest BCUT2D eigenvalue weighted by Crippen LogP contribution is -2.38. The molecule has 0 saturated heterocycles. The minimum absolute atomic E-state index is 0.0122. The van der Waals surface area contributed by atoms with E-state index in [9.17, 15) is 18.0 Å². The van der Waals surface area contributed by atoms with E-state index in [0.29, 0.717) is 5.69 Å². The van der Waals surface area contributed by atoms with Gasteiger partial charge in [0.05, 0.1) is 10.5 Å². The van der Waals surface area contributed by atoms with Gasteiger partial charge in [0.2, 0.25) is 0 Å². The van der Waals surface area contributed by atoms with E-state index < -0.39 is 22.6 Å². The Kier molecular flexibility index (Phi) is 7.39. The van der Waals surface area contributed by atoms with Crippen LogP contribution in [0.3, 0.4) is 0 Å². The molecule has 1 atom stereocenters. The molecule has 0 radical (unpaired) electrons. The van der Waals surface area contributed by atoms with Gasteiger partial charge in [0, 0.05) is 11.7 Å². The Balaban J connectivity index is 1.97. The van der Waals surface area contributed by atoms with E-state index in [1.807, 2.05) is 27.7 Å². The smallest absolute Gasteiger partial charge is 0.338 e. The standard InChI is InChI=1S/C21H26N2O5S/c1-14(2)16(4)22-20(24)13-28-21(25)17-7-11-19(12-8-17)29(26,27)23-18-9-5-15(3)6-10-18/h5-12,14,16,23H,13H2,1-4H3,(H,22,24)/t16-/m1/s1. The molecule has 2 aromatic rings. The zero-order valence-corrected chi connectivity index (χ0v) is 17.7. The van der Waals surface area contributed by atoms with Crippen LogP contribution in [0.5, 0.6) is 0 Å². The largest absolute Gasteiger partial charge is 0.452 e. The molecule has 2 rings (SSSR count). The number of ether oxygens (including phenoxy) is 1. The van der Waals surface area contributed by atoms with E-state index in [4.69, 9.17) is 4.74 Å². The summed E-state index contributed by atoms with van der Waals surface area (Å²) < 4.78 is 32.4. The molecule has 0 bridgehead atoms. The van der Waals surface area contributed by atoms with Gasteiger partial charge in [0.25, 0.3) is 15.9 Å². The minimum Gasteiger partial charge on any atom is -0.452 e. The zero-order valence-electron chi connectivity index (χ0n) is 16.9. The highest BCUT2D eigenvalue weighted by atomic mass is 32.2. The van der Waals surface area contributed by atoms with Crippen LogP contribution >= 0.6 is 0 Å². The molecule has 0 aliphatic heterocycles. The molecule has 29 heavy (non-hydrogen) atoms. The van der Waals surface area contributed by atoms with E-state index in [-0.39, 0.29) is 28.3 Å². The predicted molar refractivity (Wildman–Crippen MR) is 111 cm³/mol. The molecule has 7 nitrogen and oxygen atoms in total. The number of aryl methyl sites for hydroxylation is 1. The molecule has 1 amide bonds. The summed E-state index contributed by atoms with van der Waals surface area (Å²) in [4.78, 5) is 23.9. The number of hydrogen-bond donors (Lipinski definition) is 2. The Bertz CT molecular complexity index is 952. The van der Waals surface area contributed by atoms with Crippen molar-refractivity contribution in [1.29, 1.82) is 0 Å². The normalized spacial score (nSPS) is 12.3. The number of hydrogen-bond acceptors (Lipinski definition) is 5. The Morgan fingerprint density at radius 1 is 0.966 bits per heavy atom. The van der Waals surface area contributed by atoms with Crippen molar-refractivity contribution < 1.29 is 22.7 Å². The molecule has 8 heteroatoms. The molecular formula is C21H26N2O5S. The summed E-state index contributed by atoms with van der Waals surface area (Å²) in [7, 11) is -3.78. The van der Waals surface area contributed by atoms with Crippen LogP contribution in [0.4, 0.5) is 5.69 Å². The summed E-state index contributed by atoms with van der Waals surface area (Å²) in [6.45, 7) is 7.32. The average Bonchev–Trinajstić information content (AvgIpc) is 2.67. The lowest BCUT2D eigenvalue weighted by atomic mass is 10.1. The van der Waals surface area contributed by atoms with Crippen LogP contribution in [0.25, 0.3) is 0 Å². The third kappa shape index (κ3) is 6.60. The number of carbonyl (C=O) groups excluding carboxylic acids is 2. The summed E-state index contributed by atoms with van der Waals surface area (Å²) in [5.74, 6) is -0.827. The molecule has 2 aromatic carbocycles. The van der Waals surface area contributed by atoms with Crippen molar-refractivity contribution in [2.75, 3.05) is 11.3 Å². The fraction of sp³-hybridized carbons (Fsp3) is 0.333. The van der Waals surface area contributed by atoms with Gasteiger partial charge in [-0.2, -0.15) is 0 Å². The Hall–Kier alpha value is -2.87. The maximum Gasteiger partial charge on any atom is 0.338 e. The highest BCUT2D eigenvalue weighted by molar-refractivity contribution is 7.92. The van der Waals surface area contributed by atoms with Crippen molar-refractivity contribution >= 4 is 27.6 Å². The predicted octanol–water partition coefficient (Wildman–Crippen LogP) is 3.11. The first kappa shape index (κ1) is 22.4. The number of rotatable bonds is 8. The molecule has 0 heterocycles. The van der Waals surface area contributed by atoms with E-state index in [1.54, 1.807) is 24.3 Å². The summed E-state index contributed by atoms with van der Waals surface area (Å²) in [6, 6.07) is 12.2. The number of carbonyl (C=O) groups is 2. The Labute approximate surface area is 171 Å².